The molecule has 4 heteroatoms. The average Bonchev–Trinajstić information content (AvgIpc) is 2.73. The Morgan fingerprint density at radius 3 is 2.42 bits per heavy atom. The van der Waals surface area contributed by atoms with Gasteiger partial charge >= 0.3 is 6.09 Å². The molecule has 4 nitrogen and oxygen atoms in total. The van der Waals surface area contributed by atoms with Crippen molar-refractivity contribution in [2.24, 2.45) is 5.92 Å². The van der Waals surface area contributed by atoms with E-state index in [9.17, 15) is 4.79 Å². The molecular weight excluding hydrogens is 240 g/mol. The molecule has 1 amide bonds. The van der Waals surface area contributed by atoms with Crippen LogP contribution in [0.2, 0.25) is 0 Å². The molecule has 2 fully saturated rings. The number of rotatable bonds is 1. The van der Waals surface area contributed by atoms with Crippen LogP contribution in [0.4, 0.5) is 4.79 Å². The molecule has 19 heavy (non-hydrogen) atoms. The fraction of sp³-hybridized carbons (Fsp3) is 0.933. The molecule has 2 aliphatic heterocycles. The molecule has 0 saturated carbocycles. The number of amides is 1. The van der Waals surface area contributed by atoms with Crippen LogP contribution in [0.1, 0.15) is 46.5 Å². The predicted octanol–water partition coefficient (Wildman–Crippen LogP) is 2.73. The van der Waals surface area contributed by atoms with Gasteiger partial charge in [-0.15, -0.1) is 0 Å². The van der Waals surface area contributed by atoms with Crippen LogP contribution in [0.3, 0.4) is 0 Å². The molecule has 2 heterocycles. The van der Waals surface area contributed by atoms with Crippen molar-refractivity contribution in [3.05, 3.63) is 0 Å². The van der Waals surface area contributed by atoms with E-state index >= 15 is 0 Å². The summed E-state index contributed by atoms with van der Waals surface area (Å²) in [4.78, 5) is 16.5. The Balaban J connectivity index is 1.91. The smallest absolute Gasteiger partial charge is 0.410 e. The van der Waals surface area contributed by atoms with Crippen molar-refractivity contribution in [2.75, 3.05) is 26.7 Å². The van der Waals surface area contributed by atoms with Gasteiger partial charge in [0, 0.05) is 19.1 Å². The van der Waals surface area contributed by atoms with E-state index in [1.54, 1.807) is 0 Å². The Morgan fingerprint density at radius 1 is 1.16 bits per heavy atom. The second-order valence-electron chi connectivity index (χ2n) is 7.02. The second-order valence-corrected chi connectivity index (χ2v) is 7.02. The number of carbonyl (C=O) groups is 1. The lowest BCUT2D eigenvalue weighted by molar-refractivity contribution is 0.0119. The van der Waals surface area contributed by atoms with Gasteiger partial charge in [-0.25, -0.2) is 4.79 Å². The van der Waals surface area contributed by atoms with Crippen molar-refractivity contribution in [3.8, 4) is 0 Å². The molecule has 2 aliphatic rings. The Bertz CT molecular complexity index is 325. The second kappa shape index (κ2) is 5.70. The van der Waals surface area contributed by atoms with E-state index in [4.69, 9.17) is 4.74 Å². The molecule has 0 aromatic carbocycles. The Morgan fingerprint density at radius 2 is 1.84 bits per heavy atom. The molecule has 0 aliphatic carbocycles. The zero-order valence-electron chi connectivity index (χ0n) is 12.8. The highest BCUT2D eigenvalue weighted by atomic mass is 16.6. The molecule has 2 saturated heterocycles. The van der Waals surface area contributed by atoms with Gasteiger partial charge in [0.2, 0.25) is 0 Å². The molecule has 110 valence electrons. The van der Waals surface area contributed by atoms with Crippen LogP contribution in [0.25, 0.3) is 0 Å². The number of hydrogen-bond donors (Lipinski definition) is 0. The fourth-order valence-electron chi connectivity index (χ4n) is 3.35. The predicted molar refractivity (Wildman–Crippen MR) is 76.2 cm³/mol. The van der Waals surface area contributed by atoms with Crippen LogP contribution in [-0.2, 0) is 4.74 Å². The summed E-state index contributed by atoms with van der Waals surface area (Å²) >= 11 is 0. The van der Waals surface area contributed by atoms with Crippen LogP contribution in [-0.4, -0.2) is 54.2 Å². The van der Waals surface area contributed by atoms with E-state index in [1.807, 2.05) is 25.7 Å². The van der Waals surface area contributed by atoms with Crippen LogP contribution in [0.15, 0.2) is 0 Å². The maximum Gasteiger partial charge on any atom is 0.410 e. The number of likely N-dealkylation sites (tertiary alicyclic amines) is 2. The molecule has 2 rings (SSSR count). The lowest BCUT2D eigenvalue weighted by atomic mass is 9.89. The number of nitrogens with zero attached hydrogens (tertiary/aromatic N) is 2. The summed E-state index contributed by atoms with van der Waals surface area (Å²) in [7, 11) is 2.21. The third-order valence-electron chi connectivity index (χ3n) is 4.23. The maximum absolute atomic E-state index is 12.1. The van der Waals surface area contributed by atoms with Crippen molar-refractivity contribution in [3.63, 3.8) is 0 Å². The molecule has 0 aromatic heterocycles. The first-order chi connectivity index (χ1) is 8.87. The van der Waals surface area contributed by atoms with Gasteiger partial charge in [0.15, 0.2) is 0 Å². The van der Waals surface area contributed by atoms with Crippen LogP contribution < -0.4 is 0 Å². The summed E-state index contributed by atoms with van der Waals surface area (Å²) in [5.74, 6) is 0.619. The SMILES string of the molecule is CN1CCCC1C1CCCN(C(=O)OC(C)(C)C)C1. The maximum atomic E-state index is 12.1. The normalized spacial score (nSPS) is 29.6. The summed E-state index contributed by atoms with van der Waals surface area (Å²) in [6.45, 7) is 8.70. The first kappa shape index (κ1) is 14.6. The quantitative estimate of drug-likeness (QED) is 0.733. The van der Waals surface area contributed by atoms with Crippen molar-refractivity contribution < 1.29 is 9.53 Å². The van der Waals surface area contributed by atoms with Crippen molar-refractivity contribution >= 4 is 6.09 Å². The van der Waals surface area contributed by atoms with Crippen molar-refractivity contribution in [1.29, 1.82) is 0 Å². The molecule has 0 radical (unpaired) electrons. The van der Waals surface area contributed by atoms with Gasteiger partial charge in [0.1, 0.15) is 5.60 Å². The van der Waals surface area contributed by atoms with Crippen LogP contribution in [0.5, 0.6) is 0 Å². The van der Waals surface area contributed by atoms with Gasteiger partial charge in [0.25, 0.3) is 0 Å². The molecule has 0 spiro atoms. The summed E-state index contributed by atoms with van der Waals surface area (Å²) in [6, 6.07) is 0.658. The van der Waals surface area contributed by atoms with Gasteiger partial charge in [-0.05, 0) is 66.0 Å². The summed E-state index contributed by atoms with van der Waals surface area (Å²) in [5.41, 5.74) is -0.395. The van der Waals surface area contributed by atoms with E-state index in [2.05, 4.69) is 11.9 Å². The minimum Gasteiger partial charge on any atom is -0.444 e. The van der Waals surface area contributed by atoms with Gasteiger partial charge in [-0.3, -0.25) is 0 Å². The third kappa shape index (κ3) is 3.85. The highest BCUT2D eigenvalue weighted by Gasteiger charge is 2.34. The van der Waals surface area contributed by atoms with E-state index in [-0.39, 0.29) is 6.09 Å². The van der Waals surface area contributed by atoms with Crippen molar-refractivity contribution in [2.45, 2.75) is 58.1 Å². The van der Waals surface area contributed by atoms with Crippen molar-refractivity contribution in [1.82, 2.24) is 9.80 Å². The van der Waals surface area contributed by atoms with Gasteiger partial charge in [-0.1, -0.05) is 0 Å². The summed E-state index contributed by atoms with van der Waals surface area (Å²) in [6.07, 6.45) is 4.79. The van der Waals surface area contributed by atoms with E-state index in [1.165, 1.54) is 25.8 Å². The monoisotopic (exact) mass is 268 g/mol. The zero-order chi connectivity index (χ0) is 14.0. The number of carbonyl (C=O) groups excluding carboxylic acids is 1. The lowest BCUT2D eigenvalue weighted by Gasteiger charge is -2.38. The highest BCUT2D eigenvalue weighted by Crippen LogP contribution is 2.29. The van der Waals surface area contributed by atoms with E-state index in [0.29, 0.717) is 12.0 Å². The van der Waals surface area contributed by atoms with Crippen LogP contribution in [0, 0.1) is 5.92 Å². The first-order valence-corrected chi connectivity index (χ1v) is 7.55. The first-order valence-electron chi connectivity index (χ1n) is 7.55. The third-order valence-corrected chi connectivity index (χ3v) is 4.23. The molecule has 2 atom stereocenters. The highest BCUT2D eigenvalue weighted by molar-refractivity contribution is 5.68. The molecule has 0 N–H and O–H groups in total. The molecule has 0 aromatic rings. The van der Waals surface area contributed by atoms with Gasteiger partial charge in [0.05, 0.1) is 0 Å². The topological polar surface area (TPSA) is 32.8 Å². The summed E-state index contributed by atoms with van der Waals surface area (Å²) < 4.78 is 5.49. The number of hydrogen-bond acceptors (Lipinski definition) is 3. The number of ether oxygens (including phenoxy) is 1. The largest absolute Gasteiger partial charge is 0.444 e. The lowest BCUT2D eigenvalue weighted by Crippen LogP contribution is -2.47. The molecule has 0 bridgehead atoms. The fourth-order valence-corrected chi connectivity index (χ4v) is 3.35. The molecular formula is C15H28N2O2. The zero-order valence-corrected chi connectivity index (χ0v) is 12.8. The van der Waals surface area contributed by atoms with Gasteiger partial charge < -0.3 is 14.5 Å². The molecule has 2 unspecified atom stereocenters. The van der Waals surface area contributed by atoms with E-state index < -0.39 is 5.60 Å². The Labute approximate surface area is 117 Å². The Hall–Kier alpha value is -0.770. The number of piperidine rings is 1. The van der Waals surface area contributed by atoms with Crippen LogP contribution >= 0.6 is 0 Å². The van der Waals surface area contributed by atoms with Gasteiger partial charge in [-0.2, -0.15) is 0 Å². The minimum atomic E-state index is -0.395. The minimum absolute atomic E-state index is 0.141. The van der Waals surface area contributed by atoms with E-state index in [0.717, 1.165) is 19.5 Å². The Kier molecular flexibility index (Phi) is 4.39. The average molecular weight is 268 g/mol. The standard InChI is InChI=1S/C15H28N2O2/c1-15(2,3)19-14(18)17-10-5-7-12(11-17)13-8-6-9-16(13)4/h12-13H,5-11H2,1-4H3. The summed E-state index contributed by atoms with van der Waals surface area (Å²) in [5, 5.41) is 0.